The molecule has 13 aromatic rings. The fourth-order valence-corrected chi connectivity index (χ4v) is 9.98. The Labute approximate surface area is 333 Å². The normalized spacial score (nSPS) is 12.1. The lowest BCUT2D eigenvalue weighted by molar-refractivity contribution is 1.13. The molecular formula is C54H34N4. The van der Waals surface area contributed by atoms with Crippen LogP contribution in [0.1, 0.15) is 0 Å². The highest BCUT2D eigenvalue weighted by Crippen LogP contribution is 2.44. The van der Waals surface area contributed by atoms with E-state index < -0.39 is 0 Å². The number of benzene rings is 9. The zero-order chi connectivity index (χ0) is 37.9. The maximum Gasteiger partial charge on any atom is 0.0788 e. The van der Waals surface area contributed by atoms with Gasteiger partial charge in [-0.15, -0.1) is 0 Å². The van der Waals surface area contributed by atoms with Gasteiger partial charge in [0.2, 0.25) is 0 Å². The molecule has 13 rings (SSSR count). The fraction of sp³-hybridized carbons (Fsp3) is 0. The molecule has 0 spiro atoms. The molecule has 4 heteroatoms. The lowest BCUT2D eigenvalue weighted by atomic mass is 10.1. The smallest absolute Gasteiger partial charge is 0.0788 e. The molecule has 58 heavy (non-hydrogen) atoms. The van der Waals surface area contributed by atoms with E-state index in [1.165, 1.54) is 87.2 Å². The van der Waals surface area contributed by atoms with Crippen molar-refractivity contribution in [1.82, 2.24) is 18.3 Å². The maximum atomic E-state index is 2.48. The quantitative estimate of drug-likeness (QED) is 0.171. The number of fused-ring (bicyclic) bond motifs is 14. The largest absolute Gasteiger partial charge is 0.307 e. The van der Waals surface area contributed by atoms with Crippen LogP contribution in [0, 0.1) is 0 Å². The summed E-state index contributed by atoms with van der Waals surface area (Å²) in [5, 5.41) is 9.96. The summed E-state index contributed by atoms with van der Waals surface area (Å²) in [5.41, 5.74) is 14.2. The Morgan fingerprint density at radius 3 is 0.672 bits per heavy atom. The Bertz CT molecular complexity index is 3520. The van der Waals surface area contributed by atoms with Gasteiger partial charge in [0.25, 0.3) is 0 Å². The van der Waals surface area contributed by atoms with Crippen LogP contribution in [0.4, 0.5) is 0 Å². The Kier molecular flexibility index (Phi) is 6.41. The number of hydrogen-bond donors (Lipinski definition) is 0. The lowest BCUT2D eigenvalue weighted by Gasteiger charge is -2.15. The van der Waals surface area contributed by atoms with E-state index >= 15 is 0 Å². The predicted molar refractivity (Wildman–Crippen MR) is 244 cm³/mol. The average Bonchev–Trinajstić information content (AvgIpc) is 4.02. The third-order valence-corrected chi connectivity index (χ3v) is 12.3. The first-order valence-corrected chi connectivity index (χ1v) is 20.0. The van der Waals surface area contributed by atoms with Crippen LogP contribution in [-0.2, 0) is 0 Å². The molecule has 0 saturated heterocycles. The third-order valence-electron chi connectivity index (χ3n) is 12.3. The van der Waals surface area contributed by atoms with Gasteiger partial charge in [0, 0.05) is 65.8 Å². The van der Waals surface area contributed by atoms with Crippen LogP contribution in [0.2, 0.25) is 0 Å². The molecular weight excluding hydrogens is 705 g/mol. The zero-order valence-corrected chi connectivity index (χ0v) is 31.4. The molecule has 0 aliphatic heterocycles. The van der Waals surface area contributed by atoms with Gasteiger partial charge >= 0.3 is 0 Å². The summed E-state index contributed by atoms with van der Waals surface area (Å²) >= 11 is 0. The first kappa shape index (κ1) is 31.4. The first-order valence-electron chi connectivity index (χ1n) is 20.0. The van der Waals surface area contributed by atoms with Crippen molar-refractivity contribution in [2.45, 2.75) is 0 Å². The van der Waals surface area contributed by atoms with Crippen molar-refractivity contribution in [3.05, 3.63) is 206 Å². The fourth-order valence-electron chi connectivity index (χ4n) is 9.98. The third kappa shape index (κ3) is 4.18. The van der Waals surface area contributed by atoms with E-state index in [9.17, 15) is 0 Å². The molecule has 0 N–H and O–H groups in total. The van der Waals surface area contributed by atoms with Crippen molar-refractivity contribution in [1.29, 1.82) is 0 Å². The van der Waals surface area contributed by atoms with Crippen molar-refractivity contribution >= 4 is 87.2 Å². The van der Waals surface area contributed by atoms with Crippen molar-refractivity contribution in [3.8, 4) is 22.7 Å². The van der Waals surface area contributed by atoms with E-state index in [-0.39, 0.29) is 0 Å². The summed E-state index contributed by atoms with van der Waals surface area (Å²) in [6.07, 6.45) is 0. The Morgan fingerprint density at radius 2 is 0.397 bits per heavy atom. The van der Waals surface area contributed by atoms with Gasteiger partial charge in [-0.05, 0) is 72.8 Å². The van der Waals surface area contributed by atoms with Crippen LogP contribution in [-0.4, -0.2) is 18.3 Å². The second-order valence-corrected chi connectivity index (χ2v) is 15.3. The van der Waals surface area contributed by atoms with Crippen molar-refractivity contribution < 1.29 is 0 Å². The summed E-state index contributed by atoms with van der Waals surface area (Å²) in [6.45, 7) is 0. The highest BCUT2D eigenvalue weighted by molar-refractivity contribution is 6.25. The zero-order valence-electron chi connectivity index (χ0n) is 31.4. The van der Waals surface area contributed by atoms with Crippen molar-refractivity contribution in [3.63, 3.8) is 0 Å². The molecule has 4 nitrogen and oxygen atoms in total. The van der Waals surface area contributed by atoms with Crippen molar-refractivity contribution in [2.24, 2.45) is 0 Å². The minimum atomic E-state index is 1.12. The van der Waals surface area contributed by atoms with Gasteiger partial charge in [-0.3, -0.25) is 0 Å². The van der Waals surface area contributed by atoms with Crippen LogP contribution in [0.3, 0.4) is 0 Å². The van der Waals surface area contributed by atoms with E-state index in [0.29, 0.717) is 0 Å². The highest BCUT2D eigenvalue weighted by atomic mass is 15.1. The molecule has 0 aliphatic carbocycles. The minimum Gasteiger partial charge on any atom is -0.307 e. The summed E-state index contributed by atoms with van der Waals surface area (Å²) in [4.78, 5) is 0. The highest BCUT2D eigenvalue weighted by Gasteiger charge is 2.23. The summed E-state index contributed by atoms with van der Waals surface area (Å²) in [6, 6.07) is 75.3. The van der Waals surface area contributed by atoms with Crippen molar-refractivity contribution in [2.75, 3.05) is 0 Å². The van der Waals surface area contributed by atoms with Crippen LogP contribution in [0.25, 0.3) is 110 Å². The van der Waals surface area contributed by atoms with Gasteiger partial charge in [0.05, 0.1) is 44.1 Å². The van der Waals surface area contributed by atoms with E-state index in [2.05, 4.69) is 225 Å². The first-order chi connectivity index (χ1) is 28.8. The summed E-state index contributed by atoms with van der Waals surface area (Å²) < 4.78 is 9.86. The van der Waals surface area contributed by atoms with E-state index in [0.717, 1.165) is 22.7 Å². The number of rotatable bonds is 4. The van der Waals surface area contributed by atoms with E-state index in [4.69, 9.17) is 0 Å². The summed E-state index contributed by atoms with van der Waals surface area (Å²) in [7, 11) is 0. The van der Waals surface area contributed by atoms with Gasteiger partial charge in [-0.2, -0.15) is 0 Å². The molecule has 0 fully saturated rings. The number of aromatic nitrogens is 4. The standard InChI is InChI=1S/C54H34N4/c1-3-15-35(16-4-1)55-47-23-11-7-19-39(47)43-31-33-45-41-21-9-13-25-49(41)57(53(45)51(43)55)37-27-29-38(30-28-37)58-50-26-14-10-22-42(50)46-34-32-44-40-20-8-12-24-48(40)56(52(44)54(46)58)36-17-5-2-6-18-36/h1-34H. The minimum absolute atomic E-state index is 1.12. The topological polar surface area (TPSA) is 19.7 Å². The van der Waals surface area contributed by atoms with Crippen LogP contribution < -0.4 is 0 Å². The van der Waals surface area contributed by atoms with Gasteiger partial charge in [0.15, 0.2) is 0 Å². The molecule has 0 amide bonds. The maximum absolute atomic E-state index is 2.48. The van der Waals surface area contributed by atoms with E-state index in [1.54, 1.807) is 0 Å². The van der Waals surface area contributed by atoms with Crippen LogP contribution in [0.5, 0.6) is 0 Å². The van der Waals surface area contributed by atoms with Crippen LogP contribution >= 0.6 is 0 Å². The molecule has 270 valence electrons. The van der Waals surface area contributed by atoms with Gasteiger partial charge in [-0.1, -0.05) is 133 Å². The molecule has 0 aliphatic rings. The average molecular weight is 739 g/mol. The predicted octanol–water partition coefficient (Wildman–Crippen LogP) is 14.1. The molecule has 0 unspecified atom stereocenters. The Morgan fingerprint density at radius 1 is 0.172 bits per heavy atom. The SMILES string of the molecule is c1ccc(-n2c3ccccc3c3ccc4c5ccccc5n(-c5ccc(-n6c7ccccc7c7ccc8c9ccccc9n(-c9ccccc9)c8c76)cc5)c4c32)cc1. The second-order valence-electron chi connectivity index (χ2n) is 15.3. The van der Waals surface area contributed by atoms with E-state index in [1.807, 2.05) is 0 Å². The van der Waals surface area contributed by atoms with Gasteiger partial charge in [0.1, 0.15) is 0 Å². The molecule has 4 heterocycles. The Hall–Kier alpha value is -7.82. The number of hydrogen-bond acceptors (Lipinski definition) is 0. The second kappa shape index (κ2) is 11.8. The molecule has 0 atom stereocenters. The molecule has 0 saturated carbocycles. The number of para-hydroxylation sites is 6. The Balaban J connectivity index is 1.11. The molecule has 0 bridgehead atoms. The molecule has 4 aromatic heterocycles. The summed E-state index contributed by atoms with van der Waals surface area (Å²) in [5.74, 6) is 0. The van der Waals surface area contributed by atoms with Crippen LogP contribution in [0.15, 0.2) is 206 Å². The molecule has 0 radical (unpaired) electrons. The molecule has 9 aromatic carbocycles. The van der Waals surface area contributed by atoms with Gasteiger partial charge < -0.3 is 18.3 Å². The number of nitrogens with zero attached hydrogens (tertiary/aromatic N) is 4. The lowest BCUT2D eigenvalue weighted by Crippen LogP contribution is -2.00. The monoisotopic (exact) mass is 738 g/mol. The van der Waals surface area contributed by atoms with Gasteiger partial charge in [-0.25, -0.2) is 0 Å².